The van der Waals surface area contributed by atoms with Crippen molar-refractivity contribution < 1.29 is 20.1 Å². The number of rotatable bonds is 3. The zero-order valence-corrected chi connectivity index (χ0v) is 6.95. The van der Waals surface area contributed by atoms with Gasteiger partial charge in [-0.2, -0.15) is 0 Å². The van der Waals surface area contributed by atoms with E-state index in [-0.39, 0.29) is 6.61 Å². The highest BCUT2D eigenvalue weighted by Gasteiger charge is 1.95. The minimum atomic E-state index is -0.833. The molecular formula is C7H16O4. The molecule has 0 aliphatic rings. The molecule has 0 aromatic heterocycles. The van der Waals surface area contributed by atoms with Gasteiger partial charge >= 0.3 is 0 Å². The first-order valence-electron chi connectivity index (χ1n) is 3.53. The molecule has 0 saturated heterocycles. The number of hydrogen-bond acceptors (Lipinski definition) is 3. The predicted molar refractivity (Wildman–Crippen MR) is 41.3 cm³/mol. The predicted octanol–water partition coefficient (Wildman–Crippen LogP) is 0.231. The van der Waals surface area contributed by atoms with Gasteiger partial charge in [0.05, 0.1) is 12.7 Å². The summed E-state index contributed by atoms with van der Waals surface area (Å²) in [5, 5.41) is 24.2. The fraction of sp³-hybridized carbons (Fsp3) is 0.857. The van der Waals surface area contributed by atoms with Crippen LogP contribution >= 0.6 is 0 Å². The maximum Gasteiger partial charge on any atom is 0.300 e. The van der Waals surface area contributed by atoms with Gasteiger partial charge in [0.15, 0.2) is 0 Å². The molecule has 4 heteroatoms. The summed E-state index contributed by atoms with van der Waals surface area (Å²) in [7, 11) is 0. The normalized spacial score (nSPS) is 11.3. The van der Waals surface area contributed by atoms with Crippen LogP contribution in [0.2, 0.25) is 0 Å². The molecule has 3 N–H and O–H groups in total. The summed E-state index contributed by atoms with van der Waals surface area (Å²) in [6.45, 7) is 2.95. The number of carbonyl (C=O) groups is 1. The molecule has 1 atom stereocenters. The largest absolute Gasteiger partial charge is 0.481 e. The van der Waals surface area contributed by atoms with E-state index in [4.69, 9.17) is 20.1 Å². The Bertz CT molecular complexity index is 88.4. The lowest BCUT2D eigenvalue weighted by molar-refractivity contribution is -0.134. The third-order valence-corrected chi connectivity index (χ3v) is 0.833. The van der Waals surface area contributed by atoms with Gasteiger partial charge in [0.1, 0.15) is 0 Å². The lowest BCUT2D eigenvalue weighted by atomic mass is 10.2. The molecule has 0 radical (unpaired) electrons. The van der Waals surface area contributed by atoms with Crippen LogP contribution in [-0.2, 0) is 4.79 Å². The molecule has 4 nitrogen and oxygen atoms in total. The molecule has 0 amide bonds. The molecular weight excluding hydrogens is 148 g/mol. The summed E-state index contributed by atoms with van der Waals surface area (Å²) in [5.41, 5.74) is 0. The van der Waals surface area contributed by atoms with Crippen LogP contribution in [0.4, 0.5) is 0 Å². The Kier molecular flexibility index (Phi) is 11.1. The monoisotopic (exact) mass is 164 g/mol. The molecule has 0 aliphatic carbocycles. The molecule has 11 heavy (non-hydrogen) atoms. The van der Waals surface area contributed by atoms with Crippen LogP contribution in [0.3, 0.4) is 0 Å². The van der Waals surface area contributed by atoms with Gasteiger partial charge in [-0.05, 0) is 6.42 Å². The Hall–Kier alpha value is -0.610. The molecule has 0 aromatic carbocycles. The zero-order chi connectivity index (χ0) is 9.28. The van der Waals surface area contributed by atoms with Crippen molar-refractivity contribution in [1.82, 2.24) is 0 Å². The first-order chi connectivity index (χ1) is 5.04. The van der Waals surface area contributed by atoms with E-state index in [1.807, 2.05) is 6.92 Å². The number of hydrogen-bond donors (Lipinski definition) is 3. The quantitative estimate of drug-likeness (QED) is 0.558. The summed E-state index contributed by atoms with van der Waals surface area (Å²) in [6.07, 6.45) is 1.14. The lowest BCUT2D eigenvalue weighted by Gasteiger charge is -2.01. The minimum Gasteiger partial charge on any atom is -0.481 e. The van der Waals surface area contributed by atoms with E-state index in [1.165, 1.54) is 0 Å². The molecule has 0 aliphatic heterocycles. The standard InChI is InChI=1S/C5H12O2.C2H4O2/c1-2-3-5(7)4-6;1-2(3)4/h5-7H,2-4H2,1H3;1H3,(H,3,4). The minimum absolute atomic E-state index is 0.103. The third-order valence-electron chi connectivity index (χ3n) is 0.833. The van der Waals surface area contributed by atoms with Crippen molar-refractivity contribution in [1.29, 1.82) is 0 Å². The van der Waals surface area contributed by atoms with Crippen molar-refractivity contribution in [3.8, 4) is 0 Å². The Morgan fingerprint density at radius 2 is 1.91 bits per heavy atom. The summed E-state index contributed by atoms with van der Waals surface area (Å²) in [4.78, 5) is 9.00. The Balaban J connectivity index is 0. The number of carboxylic acids is 1. The molecule has 68 valence electrons. The molecule has 0 rings (SSSR count). The molecule has 0 bridgehead atoms. The second kappa shape index (κ2) is 9.39. The van der Waals surface area contributed by atoms with Crippen LogP contribution in [0, 0.1) is 0 Å². The fourth-order valence-corrected chi connectivity index (χ4v) is 0.425. The van der Waals surface area contributed by atoms with E-state index in [1.54, 1.807) is 0 Å². The van der Waals surface area contributed by atoms with Crippen molar-refractivity contribution in [3.05, 3.63) is 0 Å². The van der Waals surface area contributed by atoms with Crippen molar-refractivity contribution >= 4 is 5.97 Å². The molecule has 0 spiro atoms. The lowest BCUT2D eigenvalue weighted by Crippen LogP contribution is -2.10. The Labute approximate surface area is 66.5 Å². The van der Waals surface area contributed by atoms with Crippen molar-refractivity contribution in [2.45, 2.75) is 32.8 Å². The maximum absolute atomic E-state index is 9.00. The van der Waals surface area contributed by atoms with E-state index in [0.29, 0.717) is 6.42 Å². The topological polar surface area (TPSA) is 77.8 Å². The molecule has 0 fully saturated rings. The summed E-state index contributed by atoms with van der Waals surface area (Å²) < 4.78 is 0. The van der Waals surface area contributed by atoms with Crippen molar-refractivity contribution in [2.75, 3.05) is 6.61 Å². The highest BCUT2D eigenvalue weighted by molar-refractivity contribution is 5.62. The van der Waals surface area contributed by atoms with Gasteiger partial charge in [-0.25, -0.2) is 0 Å². The Morgan fingerprint density at radius 1 is 1.55 bits per heavy atom. The average Bonchev–Trinajstić information content (AvgIpc) is 1.87. The van der Waals surface area contributed by atoms with E-state index < -0.39 is 12.1 Å². The van der Waals surface area contributed by atoms with Crippen LogP contribution in [0.1, 0.15) is 26.7 Å². The van der Waals surface area contributed by atoms with E-state index in [9.17, 15) is 0 Å². The summed E-state index contributed by atoms with van der Waals surface area (Å²) in [5.74, 6) is -0.833. The van der Waals surface area contributed by atoms with Gasteiger partial charge in [0.25, 0.3) is 5.97 Å². The number of carboxylic acid groups (broad SMARTS) is 1. The number of aliphatic carboxylic acids is 1. The van der Waals surface area contributed by atoms with Crippen LogP contribution in [-0.4, -0.2) is 34.0 Å². The van der Waals surface area contributed by atoms with Gasteiger partial charge in [-0.1, -0.05) is 13.3 Å². The van der Waals surface area contributed by atoms with Gasteiger partial charge in [-0.3, -0.25) is 4.79 Å². The maximum atomic E-state index is 9.00. The van der Waals surface area contributed by atoms with Crippen LogP contribution in [0.15, 0.2) is 0 Å². The van der Waals surface area contributed by atoms with Crippen LogP contribution < -0.4 is 0 Å². The fourth-order valence-electron chi connectivity index (χ4n) is 0.425. The smallest absolute Gasteiger partial charge is 0.300 e. The average molecular weight is 164 g/mol. The molecule has 0 heterocycles. The summed E-state index contributed by atoms with van der Waals surface area (Å²) in [6, 6.07) is 0. The second-order valence-corrected chi connectivity index (χ2v) is 2.14. The highest BCUT2D eigenvalue weighted by Crippen LogP contribution is 1.92. The van der Waals surface area contributed by atoms with Crippen molar-refractivity contribution in [2.24, 2.45) is 0 Å². The molecule has 0 saturated carbocycles. The number of aliphatic hydroxyl groups excluding tert-OH is 2. The third kappa shape index (κ3) is 26.6. The van der Waals surface area contributed by atoms with E-state index >= 15 is 0 Å². The Morgan fingerprint density at radius 3 is 2.00 bits per heavy atom. The van der Waals surface area contributed by atoms with E-state index in [0.717, 1.165) is 13.3 Å². The first kappa shape index (κ1) is 13.0. The summed E-state index contributed by atoms with van der Waals surface area (Å²) >= 11 is 0. The number of aliphatic hydroxyl groups is 2. The van der Waals surface area contributed by atoms with Gasteiger partial charge in [-0.15, -0.1) is 0 Å². The van der Waals surface area contributed by atoms with Gasteiger partial charge < -0.3 is 15.3 Å². The van der Waals surface area contributed by atoms with Crippen LogP contribution in [0.25, 0.3) is 0 Å². The molecule has 0 aromatic rings. The van der Waals surface area contributed by atoms with Crippen LogP contribution in [0.5, 0.6) is 0 Å². The van der Waals surface area contributed by atoms with Crippen molar-refractivity contribution in [3.63, 3.8) is 0 Å². The van der Waals surface area contributed by atoms with Gasteiger partial charge in [0.2, 0.25) is 0 Å². The second-order valence-electron chi connectivity index (χ2n) is 2.14. The molecule has 1 unspecified atom stereocenters. The highest BCUT2D eigenvalue weighted by atomic mass is 16.4. The zero-order valence-electron chi connectivity index (χ0n) is 6.95. The van der Waals surface area contributed by atoms with E-state index in [2.05, 4.69) is 0 Å². The van der Waals surface area contributed by atoms with Gasteiger partial charge in [0, 0.05) is 6.92 Å². The SMILES string of the molecule is CC(=O)O.CCCC(O)CO. The first-order valence-corrected chi connectivity index (χ1v) is 3.53.